The third kappa shape index (κ3) is 5.86. The average Bonchev–Trinajstić information content (AvgIpc) is 3.70. The number of piperidine rings is 1. The summed E-state index contributed by atoms with van der Waals surface area (Å²) >= 11 is 13.7. The van der Waals surface area contributed by atoms with Crippen molar-refractivity contribution in [1.82, 2.24) is 39.7 Å². The molecular formula is C36H39Cl2FN10O. The highest BCUT2D eigenvalue weighted by molar-refractivity contribution is 6.36. The van der Waals surface area contributed by atoms with Gasteiger partial charge in [0.2, 0.25) is 5.91 Å². The van der Waals surface area contributed by atoms with Crippen molar-refractivity contribution in [3.63, 3.8) is 0 Å². The lowest BCUT2D eigenvalue weighted by atomic mass is 9.93. The number of pyridine rings is 1. The Balaban J connectivity index is 1.37. The van der Waals surface area contributed by atoms with Gasteiger partial charge in [0.25, 0.3) is 0 Å². The molecule has 11 nitrogen and oxygen atoms in total. The van der Waals surface area contributed by atoms with Gasteiger partial charge >= 0.3 is 0 Å². The summed E-state index contributed by atoms with van der Waals surface area (Å²) in [6.45, 7) is 4.43. The van der Waals surface area contributed by atoms with Crippen LogP contribution in [-0.2, 0) is 4.79 Å². The molecule has 1 N–H and O–H groups in total. The fourth-order valence-electron chi connectivity index (χ4n) is 7.35. The third-order valence-corrected chi connectivity index (χ3v) is 10.9. The second-order valence-electron chi connectivity index (χ2n) is 13.8. The summed E-state index contributed by atoms with van der Waals surface area (Å²) in [6, 6.07) is 5.73. The number of fused-ring (bicyclic) bond motifs is 4. The number of amides is 1. The van der Waals surface area contributed by atoms with E-state index >= 15 is 4.39 Å². The molecule has 1 amide bonds. The Bertz CT molecular complexity index is 2200. The molecule has 0 bridgehead atoms. The van der Waals surface area contributed by atoms with Crippen LogP contribution in [0.1, 0.15) is 30.9 Å². The summed E-state index contributed by atoms with van der Waals surface area (Å²) in [6.07, 6.45) is 8.22. The lowest BCUT2D eigenvalue weighted by molar-refractivity contribution is -0.130. The minimum absolute atomic E-state index is 0.106. The van der Waals surface area contributed by atoms with E-state index < -0.39 is 5.82 Å². The number of hydrogen-bond acceptors (Lipinski definition) is 8. The van der Waals surface area contributed by atoms with E-state index in [1.807, 2.05) is 50.8 Å². The largest absolute Gasteiger partial charge is 0.353 e. The van der Waals surface area contributed by atoms with E-state index in [0.717, 1.165) is 24.0 Å². The Morgan fingerprint density at radius 2 is 1.90 bits per heavy atom. The predicted molar refractivity (Wildman–Crippen MR) is 196 cm³/mol. The molecule has 2 fully saturated rings. The zero-order valence-electron chi connectivity index (χ0n) is 28.7. The summed E-state index contributed by atoms with van der Waals surface area (Å²) in [5, 5.41) is 24.5. The lowest BCUT2D eigenvalue weighted by Crippen LogP contribution is -2.57. The van der Waals surface area contributed by atoms with Gasteiger partial charge in [-0.25, -0.2) is 9.37 Å². The van der Waals surface area contributed by atoms with Crippen LogP contribution in [0.4, 0.5) is 10.2 Å². The summed E-state index contributed by atoms with van der Waals surface area (Å²) in [7, 11) is 7.98. The molecule has 0 saturated carbocycles. The van der Waals surface area contributed by atoms with E-state index in [-0.39, 0.29) is 40.5 Å². The first-order chi connectivity index (χ1) is 24.0. The molecule has 2 aromatic carbocycles. The van der Waals surface area contributed by atoms with Gasteiger partial charge in [0.15, 0.2) is 5.82 Å². The maximum absolute atomic E-state index is 17.2. The van der Waals surface area contributed by atoms with Crippen LogP contribution in [0.2, 0.25) is 10.0 Å². The van der Waals surface area contributed by atoms with E-state index in [9.17, 15) is 10.1 Å². The second-order valence-corrected chi connectivity index (χ2v) is 14.6. The van der Waals surface area contributed by atoms with Crippen LogP contribution < -0.4 is 4.90 Å². The summed E-state index contributed by atoms with van der Waals surface area (Å²) in [5.74, 6) is 0.00575. The second kappa shape index (κ2) is 13.5. The van der Waals surface area contributed by atoms with Crippen LogP contribution in [0.3, 0.4) is 0 Å². The van der Waals surface area contributed by atoms with Crippen molar-refractivity contribution in [2.24, 2.45) is 0 Å². The number of nitrogens with one attached hydrogen (secondary N) is 1. The molecule has 2 atom stereocenters. The molecule has 2 saturated heterocycles. The summed E-state index contributed by atoms with van der Waals surface area (Å²) in [5.41, 5.74) is 3.06. The van der Waals surface area contributed by atoms with Crippen LogP contribution in [0.25, 0.3) is 43.8 Å². The molecule has 2 aliphatic heterocycles. The molecule has 0 aliphatic carbocycles. The van der Waals surface area contributed by atoms with Crippen molar-refractivity contribution in [2.75, 3.05) is 59.3 Å². The third-order valence-electron chi connectivity index (χ3n) is 10.2. The van der Waals surface area contributed by atoms with Crippen LogP contribution >= 0.6 is 23.2 Å². The topological polar surface area (TPSA) is 113 Å². The standard InChI is InChI=1S/C36H39Cl2FN10O/c1-20-27(37)15-29-25(16-41-44-29)31(20)32-28(38)14-24-34(33(32)39)43-36(47-18-23(19-47)46(4)5)26-17-42-49(35(24)26)22-9-12-48(21(13-22)8-10-40)30(50)7-6-11-45(2)3/h6-7,14-17,21-23H,8-9,11-13,18-19H2,1-5H3,(H,41,44)/b7-6+/t21-,22+/m1/s1. The van der Waals surface area contributed by atoms with Gasteiger partial charge in [-0.15, -0.1) is 0 Å². The van der Waals surface area contributed by atoms with Crippen LogP contribution in [-0.4, -0.2) is 112 Å². The van der Waals surface area contributed by atoms with E-state index in [4.69, 9.17) is 33.3 Å². The summed E-state index contributed by atoms with van der Waals surface area (Å²) in [4.78, 5) is 26.3. The number of anilines is 1. The van der Waals surface area contributed by atoms with Crippen LogP contribution in [0, 0.1) is 24.1 Å². The number of hydrogen-bond donors (Lipinski definition) is 1. The van der Waals surface area contributed by atoms with Gasteiger partial charge in [-0.1, -0.05) is 29.3 Å². The highest BCUT2D eigenvalue weighted by atomic mass is 35.5. The van der Waals surface area contributed by atoms with Gasteiger partial charge in [-0.05, 0) is 65.7 Å². The molecule has 50 heavy (non-hydrogen) atoms. The van der Waals surface area contributed by atoms with E-state index in [1.54, 1.807) is 35.5 Å². The average molecular weight is 718 g/mol. The zero-order chi connectivity index (χ0) is 35.4. The van der Waals surface area contributed by atoms with Gasteiger partial charge in [-0.3, -0.25) is 14.6 Å². The van der Waals surface area contributed by atoms with Crippen molar-refractivity contribution >= 4 is 67.6 Å². The van der Waals surface area contributed by atoms with Crippen molar-refractivity contribution in [3.05, 3.63) is 58.1 Å². The van der Waals surface area contributed by atoms with Gasteiger partial charge in [0, 0.05) is 71.3 Å². The SMILES string of the molecule is Cc1c(Cl)cc2[nH]ncc2c1-c1c(Cl)cc2c(nc(N3CC(N(C)C)C3)c3cnn([C@H]4CCN(C(=O)/C=C/CN(C)C)[C@H](CC#N)C4)c32)c1F. The Morgan fingerprint density at radius 3 is 2.62 bits per heavy atom. The molecule has 0 radical (unpaired) electrons. The van der Waals surface area contributed by atoms with Gasteiger partial charge in [0.05, 0.1) is 52.4 Å². The Morgan fingerprint density at radius 1 is 1.12 bits per heavy atom. The molecule has 5 heterocycles. The molecule has 2 aliphatic rings. The van der Waals surface area contributed by atoms with E-state index in [0.29, 0.717) is 70.2 Å². The van der Waals surface area contributed by atoms with Crippen molar-refractivity contribution in [3.8, 4) is 17.2 Å². The molecule has 5 aromatic rings. The van der Waals surface area contributed by atoms with Gasteiger partial charge in [0.1, 0.15) is 11.3 Å². The molecule has 3 aromatic heterocycles. The minimum Gasteiger partial charge on any atom is -0.353 e. The zero-order valence-corrected chi connectivity index (χ0v) is 30.2. The number of carbonyl (C=O) groups excluding carboxylic acids is 1. The first-order valence-corrected chi connectivity index (χ1v) is 17.5. The number of H-pyrrole nitrogens is 1. The smallest absolute Gasteiger partial charge is 0.246 e. The number of halogens is 3. The first kappa shape index (κ1) is 34.2. The lowest BCUT2D eigenvalue weighted by Gasteiger charge is -2.43. The number of rotatable bonds is 8. The monoisotopic (exact) mass is 716 g/mol. The Labute approximate surface area is 299 Å². The van der Waals surface area contributed by atoms with Crippen LogP contribution in [0.5, 0.6) is 0 Å². The predicted octanol–water partition coefficient (Wildman–Crippen LogP) is 6.20. The van der Waals surface area contributed by atoms with Crippen LogP contribution in [0.15, 0.2) is 36.7 Å². The molecule has 260 valence electrons. The minimum atomic E-state index is -0.548. The Hall–Kier alpha value is -4.28. The fraction of sp³-hybridized carbons (Fsp3) is 0.417. The number of nitrogens with zero attached hydrogens (tertiary/aromatic N) is 9. The number of aromatic nitrogens is 5. The number of nitriles is 1. The molecule has 7 rings (SSSR count). The molecule has 14 heteroatoms. The molecule has 0 spiro atoms. The van der Waals surface area contributed by atoms with Crippen molar-refractivity contribution in [2.45, 2.75) is 44.3 Å². The quantitative estimate of drug-likeness (QED) is 0.189. The highest BCUT2D eigenvalue weighted by Crippen LogP contribution is 2.45. The maximum Gasteiger partial charge on any atom is 0.246 e. The number of benzene rings is 2. The van der Waals surface area contributed by atoms with Crippen molar-refractivity contribution in [1.29, 1.82) is 5.26 Å². The number of carbonyl (C=O) groups is 1. The fourth-order valence-corrected chi connectivity index (χ4v) is 7.84. The first-order valence-electron chi connectivity index (χ1n) is 16.7. The Kier molecular flexibility index (Phi) is 9.19. The van der Waals surface area contributed by atoms with Crippen molar-refractivity contribution < 1.29 is 9.18 Å². The van der Waals surface area contributed by atoms with Gasteiger partial charge < -0.3 is 19.6 Å². The summed E-state index contributed by atoms with van der Waals surface area (Å²) < 4.78 is 19.2. The number of likely N-dealkylation sites (N-methyl/N-ethyl adjacent to an activating group) is 2. The number of likely N-dealkylation sites (tertiary alicyclic amines) is 1. The normalized spacial score (nSPS) is 18.7. The van der Waals surface area contributed by atoms with E-state index in [2.05, 4.69) is 26.1 Å². The molecular weight excluding hydrogens is 678 g/mol. The van der Waals surface area contributed by atoms with Gasteiger partial charge in [-0.2, -0.15) is 15.5 Å². The maximum atomic E-state index is 17.2. The number of aromatic amines is 1. The van der Waals surface area contributed by atoms with E-state index in [1.165, 1.54) is 0 Å². The highest BCUT2D eigenvalue weighted by Gasteiger charge is 2.36. The molecule has 0 unspecified atom stereocenters.